The van der Waals surface area contributed by atoms with Crippen molar-refractivity contribution in [2.75, 3.05) is 0 Å². The van der Waals surface area contributed by atoms with Crippen molar-refractivity contribution in [3.63, 3.8) is 0 Å². The lowest BCUT2D eigenvalue weighted by Crippen LogP contribution is -2.26. The summed E-state index contributed by atoms with van der Waals surface area (Å²) in [5, 5.41) is 3.97. The second-order valence-corrected chi connectivity index (χ2v) is 6.24. The maximum Gasteiger partial charge on any atom is 0.287 e. The molecule has 0 radical (unpaired) electrons. The van der Waals surface area contributed by atoms with E-state index in [0.29, 0.717) is 21.4 Å². The first-order chi connectivity index (χ1) is 11.5. The number of hydrogen-bond donors (Lipinski definition) is 1. The normalized spacial score (nSPS) is 12.0. The van der Waals surface area contributed by atoms with Crippen LogP contribution in [0.4, 0.5) is 0 Å². The van der Waals surface area contributed by atoms with Crippen molar-refractivity contribution in [1.82, 2.24) is 5.32 Å². The molecule has 0 aliphatic rings. The maximum atomic E-state index is 12.4. The SMILES string of the molecule is C[C@@H](NC(=O)c1ccc(-c2cc(Cl)ccc2Cl)o1)c1ccccc1. The minimum atomic E-state index is -0.282. The van der Waals surface area contributed by atoms with Gasteiger partial charge in [-0.2, -0.15) is 0 Å². The summed E-state index contributed by atoms with van der Waals surface area (Å²) in [5.41, 5.74) is 1.68. The van der Waals surface area contributed by atoms with Crippen molar-refractivity contribution in [2.45, 2.75) is 13.0 Å². The number of halogens is 2. The van der Waals surface area contributed by atoms with E-state index in [1.54, 1.807) is 30.3 Å². The molecule has 24 heavy (non-hydrogen) atoms. The maximum absolute atomic E-state index is 12.4. The number of hydrogen-bond acceptors (Lipinski definition) is 2. The van der Waals surface area contributed by atoms with Gasteiger partial charge in [0, 0.05) is 10.6 Å². The molecule has 3 nitrogen and oxygen atoms in total. The third-order valence-corrected chi connectivity index (χ3v) is 4.24. The van der Waals surface area contributed by atoms with E-state index in [1.165, 1.54) is 0 Å². The van der Waals surface area contributed by atoms with Gasteiger partial charge in [-0.15, -0.1) is 0 Å². The van der Waals surface area contributed by atoms with E-state index in [4.69, 9.17) is 27.6 Å². The largest absolute Gasteiger partial charge is 0.451 e. The fraction of sp³-hybridized carbons (Fsp3) is 0.105. The van der Waals surface area contributed by atoms with Gasteiger partial charge in [-0.05, 0) is 42.8 Å². The minimum Gasteiger partial charge on any atom is -0.451 e. The highest BCUT2D eigenvalue weighted by molar-refractivity contribution is 6.35. The summed E-state index contributed by atoms with van der Waals surface area (Å²) in [4.78, 5) is 12.4. The van der Waals surface area contributed by atoms with Crippen LogP contribution in [0.2, 0.25) is 10.0 Å². The summed E-state index contributed by atoms with van der Waals surface area (Å²) >= 11 is 12.2. The topological polar surface area (TPSA) is 42.2 Å². The van der Waals surface area contributed by atoms with E-state index in [-0.39, 0.29) is 17.7 Å². The summed E-state index contributed by atoms with van der Waals surface area (Å²) in [6.45, 7) is 1.92. The number of furan rings is 1. The molecule has 0 saturated heterocycles. The number of carbonyl (C=O) groups is 1. The number of rotatable bonds is 4. The average Bonchev–Trinajstić information content (AvgIpc) is 3.08. The molecular formula is C19H15Cl2NO2. The number of nitrogens with one attached hydrogen (secondary N) is 1. The van der Waals surface area contributed by atoms with Gasteiger partial charge in [0.05, 0.1) is 11.1 Å². The Bertz CT molecular complexity index is 859. The van der Waals surface area contributed by atoms with E-state index in [9.17, 15) is 4.79 Å². The summed E-state index contributed by atoms with van der Waals surface area (Å²) < 4.78 is 5.65. The Balaban J connectivity index is 1.78. The van der Waals surface area contributed by atoms with Crippen LogP contribution in [-0.4, -0.2) is 5.91 Å². The van der Waals surface area contributed by atoms with E-state index in [1.807, 2.05) is 37.3 Å². The quantitative estimate of drug-likeness (QED) is 0.644. The van der Waals surface area contributed by atoms with Crippen LogP contribution >= 0.6 is 23.2 Å². The molecule has 122 valence electrons. The first-order valence-electron chi connectivity index (χ1n) is 7.45. The molecule has 0 saturated carbocycles. The smallest absolute Gasteiger partial charge is 0.287 e. The van der Waals surface area contributed by atoms with Gasteiger partial charge in [0.15, 0.2) is 5.76 Å². The molecule has 2 aromatic carbocycles. The van der Waals surface area contributed by atoms with E-state index in [2.05, 4.69) is 5.32 Å². The molecule has 0 aliphatic carbocycles. The predicted octanol–water partition coefficient (Wildman–Crippen LogP) is 5.74. The Hall–Kier alpha value is -2.23. The van der Waals surface area contributed by atoms with Crippen molar-refractivity contribution < 1.29 is 9.21 Å². The lowest BCUT2D eigenvalue weighted by atomic mass is 10.1. The Morgan fingerprint density at radius 2 is 1.79 bits per heavy atom. The van der Waals surface area contributed by atoms with Crippen LogP contribution in [0.5, 0.6) is 0 Å². The number of amides is 1. The Kier molecular flexibility index (Phi) is 4.93. The number of carbonyl (C=O) groups excluding carboxylic acids is 1. The monoisotopic (exact) mass is 359 g/mol. The predicted molar refractivity (Wildman–Crippen MR) is 96.5 cm³/mol. The molecule has 1 atom stereocenters. The van der Waals surface area contributed by atoms with Gasteiger partial charge in [0.25, 0.3) is 5.91 Å². The van der Waals surface area contributed by atoms with Gasteiger partial charge in [0.2, 0.25) is 0 Å². The van der Waals surface area contributed by atoms with Crippen LogP contribution in [0.3, 0.4) is 0 Å². The van der Waals surface area contributed by atoms with Crippen LogP contribution in [0, 0.1) is 0 Å². The van der Waals surface area contributed by atoms with Crippen LogP contribution in [0.15, 0.2) is 65.1 Å². The highest BCUT2D eigenvalue weighted by atomic mass is 35.5. The lowest BCUT2D eigenvalue weighted by Gasteiger charge is -2.13. The molecule has 0 unspecified atom stereocenters. The molecule has 1 heterocycles. The summed E-state index contributed by atoms with van der Waals surface area (Å²) in [7, 11) is 0. The van der Waals surface area contributed by atoms with Crippen molar-refractivity contribution in [3.05, 3.63) is 82.0 Å². The van der Waals surface area contributed by atoms with Gasteiger partial charge in [-0.1, -0.05) is 53.5 Å². The molecule has 0 spiro atoms. The molecule has 1 amide bonds. The zero-order valence-corrected chi connectivity index (χ0v) is 14.4. The molecular weight excluding hydrogens is 345 g/mol. The molecule has 0 bridgehead atoms. The average molecular weight is 360 g/mol. The Morgan fingerprint density at radius 3 is 2.54 bits per heavy atom. The first kappa shape index (κ1) is 16.6. The Labute approximate surface area is 150 Å². The second kappa shape index (κ2) is 7.12. The van der Waals surface area contributed by atoms with Crippen LogP contribution in [0.1, 0.15) is 29.1 Å². The third-order valence-electron chi connectivity index (χ3n) is 3.67. The molecule has 3 rings (SSSR count). The fourth-order valence-corrected chi connectivity index (χ4v) is 2.77. The molecule has 0 fully saturated rings. The minimum absolute atomic E-state index is 0.123. The standard InChI is InChI=1S/C19H15Cl2NO2/c1-12(13-5-3-2-4-6-13)22-19(23)18-10-9-17(24-18)15-11-14(20)7-8-16(15)21/h2-12H,1H3,(H,22,23)/t12-/m1/s1. The molecule has 0 aliphatic heterocycles. The first-order valence-corrected chi connectivity index (χ1v) is 8.21. The van der Waals surface area contributed by atoms with Crippen molar-refractivity contribution in [2.24, 2.45) is 0 Å². The third kappa shape index (κ3) is 3.64. The van der Waals surface area contributed by atoms with Gasteiger partial charge >= 0.3 is 0 Å². The van der Waals surface area contributed by atoms with Crippen LogP contribution in [0.25, 0.3) is 11.3 Å². The van der Waals surface area contributed by atoms with Gasteiger partial charge in [-0.25, -0.2) is 0 Å². The van der Waals surface area contributed by atoms with Crippen molar-refractivity contribution >= 4 is 29.1 Å². The zero-order valence-electron chi connectivity index (χ0n) is 12.9. The van der Waals surface area contributed by atoms with E-state index < -0.39 is 0 Å². The molecule has 1 N–H and O–H groups in total. The van der Waals surface area contributed by atoms with Gasteiger partial charge in [0.1, 0.15) is 5.76 Å². The van der Waals surface area contributed by atoms with E-state index in [0.717, 1.165) is 5.56 Å². The van der Waals surface area contributed by atoms with Crippen LogP contribution in [-0.2, 0) is 0 Å². The van der Waals surface area contributed by atoms with E-state index >= 15 is 0 Å². The lowest BCUT2D eigenvalue weighted by molar-refractivity contribution is 0.0912. The molecule has 1 aromatic heterocycles. The zero-order chi connectivity index (χ0) is 17.1. The second-order valence-electron chi connectivity index (χ2n) is 5.39. The van der Waals surface area contributed by atoms with Crippen LogP contribution < -0.4 is 5.32 Å². The summed E-state index contributed by atoms with van der Waals surface area (Å²) in [6.07, 6.45) is 0. The molecule has 3 aromatic rings. The highest BCUT2D eigenvalue weighted by Crippen LogP contribution is 2.31. The summed E-state index contributed by atoms with van der Waals surface area (Å²) in [6, 6.07) is 18.0. The molecule has 5 heteroatoms. The highest BCUT2D eigenvalue weighted by Gasteiger charge is 2.16. The summed E-state index contributed by atoms with van der Waals surface area (Å²) in [5.74, 6) is 0.444. The number of benzene rings is 2. The Morgan fingerprint density at radius 1 is 1.04 bits per heavy atom. The van der Waals surface area contributed by atoms with Crippen molar-refractivity contribution in [1.29, 1.82) is 0 Å². The van der Waals surface area contributed by atoms with Gasteiger partial charge in [-0.3, -0.25) is 4.79 Å². The van der Waals surface area contributed by atoms with Gasteiger partial charge < -0.3 is 9.73 Å². The van der Waals surface area contributed by atoms with Crippen molar-refractivity contribution in [3.8, 4) is 11.3 Å². The fourth-order valence-electron chi connectivity index (χ4n) is 2.38.